The summed E-state index contributed by atoms with van der Waals surface area (Å²) in [5.41, 5.74) is 4.27. The molecule has 0 N–H and O–H groups in total. The standard InChI is InChI=1S/C30H32ClN5O2S/c1-4-24(21-9-7-6-8-10-21)29(38)35-16-15-34(18-20(35)3)28(37)25-17-32-36(27(25)5-2)30-33-26(19-39-30)22-11-13-23(31)14-12-22/h6-14,17,19-20,24H,4-5,15-16,18H2,1-3H3. The van der Waals surface area contributed by atoms with E-state index in [0.717, 1.165) is 28.9 Å². The van der Waals surface area contributed by atoms with Crippen LogP contribution in [0.2, 0.25) is 5.02 Å². The number of carbonyl (C=O) groups excluding carboxylic acids is 2. The van der Waals surface area contributed by atoms with Crippen LogP contribution in [0.1, 0.15) is 54.7 Å². The van der Waals surface area contributed by atoms with Gasteiger partial charge in [0.1, 0.15) is 0 Å². The maximum absolute atomic E-state index is 13.7. The molecule has 1 fully saturated rings. The molecule has 2 atom stereocenters. The van der Waals surface area contributed by atoms with Crippen molar-refractivity contribution in [2.45, 2.75) is 45.6 Å². The molecule has 2 aromatic carbocycles. The molecule has 2 amide bonds. The van der Waals surface area contributed by atoms with Crippen LogP contribution in [0.4, 0.5) is 0 Å². The van der Waals surface area contributed by atoms with Gasteiger partial charge >= 0.3 is 0 Å². The molecule has 202 valence electrons. The molecule has 39 heavy (non-hydrogen) atoms. The first-order valence-electron chi connectivity index (χ1n) is 13.3. The molecule has 1 saturated heterocycles. The molecule has 0 saturated carbocycles. The number of carbonyl (C=O) groups is 2. The van der Waals surface area contributed by atoms with Crippen molar-refractivity contribution in [2.24, 2.45) is 0 Å². The molecule has 5 rings (SSSR count). The van der Waals surface area contributed by atoms with E-state index < -0.39 is 0 Å². The van der Waals surface area contributed by atoms with Gasteiger partial charge in [-0.25, -0.2) is 9.67 Å². The van der Waals surface area contributed by atoms with Crippen LogP contribution in [0, 0.1) is 0 Å². The third-order valence-corrected chi connectivity index (χ3v) is 8.42. The van der Waals surface area contributed by atoms with E-state index in [4.69, 9.17) is 16.6 Å². The van der Waals surface area contributed by atoms with E-state index in [1.165, 1.54) is 11.3 Å². The molecular formula is C30H32ClN5O2S. The number of amides is 2. The first-order valence-corrected chi connectivity index (χ1v) is 14.6. The van der Waals surface area contributed by atoms with Gasteiger partial charge in [0, 0.05) is 41.6 Å². The first-order chi connectivity index (χ1) is 18.9. The van der Waals surface area contributed by atoms with Crippen LogP contribution in [-0.4, -0.2) is 62.1 Å². The van der Waals surface area contributed by atoms with E-state index in [0.29, 0.717) is 41.8 Å². The minimum absolute atomic E-state index is 0.0540. The summed E-state index contributed by atoms with van der Waals surface area (Å²) in [6, 6.07) is 17.4. The minimum atomic E-state index is -0.170. The molecule has 4 aromatic rings. The van der Waals surface area contributed by atoms with E-state index in [9.17, 15) is 9.59 Å². The monoisotopic (exact) mass is 561 g/mol. The average Bonchev–Trinajstić information content (AvgIpc) is 3.61. The number of hydrogen-bond donors (Lipinski definition) is 0. The van der Waals surface area contributed by atoms with Crippen molar-refractivity contribution >= 4 is 34.8 Å². The Morgan fingerprint density at radius 3 is 2.49 bits per heavy atom. The van der Waals surface area contributed by atoms with E-state index in [2.05, 4.69) is 5.10 Å². The summed E-state index contributed by atoms with van der Waals surface area (Å²) in [4.78, 5) is 35.7. The van der Waals surface area contributed by atoms with Crippen molar-refractivity contribution in [3.05, 3.63) is 88.0 Å². The number of benzene rings is 2. The summed E-state index contributed by atoms with van der Waals surface area (Å²) in [6.07, 6.45) is 3.03. The lowest BCUT2D eigenvalue weighted by Crippen LogP contribution is -2.56. The third kappa shape index (κ3) is 5.49. The van der Waals surface area contributed by atoms with Crippen molar-refractivity contribution in [2.75, 3.05) is 19.6 Å². The Kier molecular flexibility index (Phi) is 8.14. The van der Waals surface area contributed by atoms with Gasteiger partial charge in [-0.2, -0.15) is 5.10 Å². The molecule has 0 radical (unpaired) electrons. The van der Waals surface area contributed by atoms with Crippen LogP contribution in [0.25, 0.3) is 16.4 Å². The highest BCUT2D eigenvalue weighted by molar-refractivity contribution is 7.12. The molecule has 9 heteroatoms. The van der Waals surface area contributed by atoms with E-state index in [-0.39, 0.29) is 23.8 Å². The molecule has 2 unspecified atom stereocenters. The Morgan fingerprint density at radius 2 is 1.82 bits per heavy atom. The van der Waals surface area contributed by atoms with Gasteiger partial charge < -0.3 is 9.80 Å². The summed E-state index contributed by atoms with van der Waals surface area (Å²) < 4.78 is 1.77. The van der Waals surface area contributed by atoms with Gasteiger partial charge in [0.25, 0.3) is 5.91 Å². The molecule has 7 nitrogen and oxygen atoms in total. The van der Waals surface area contributed by atoms with Crippen molar-refractivity contribution in [1.29, 1.82) is 0 Å². The largest absolute Gasteiger partial charge is 0.336 e. The summed E-state index contributed by atoms with van der Waals surface area (Å²) >= 11 is 7.51. The number of halogens is 1. The second-order valence-corrected chi connectivity index (χ2v) is 11.1. The minimum Gasteiger partial charge on any atom is -0.336 e. The fourth-order valence-electron chi connectivity index (χ4n) is 5.25. The van der Waals surface area contributed by atoms with Crippen LogP contribution in [0.15, 0.2) is 66.2 Å². The first kappa shape index (κ1) is 27.1. The zero-order valence-corrected chi connectivity index (χ0v) is 24.0. The SMILES string of the molecule is CCc1c(C(=O)N2CCN(C(=O)C(CC)c3ccccc3)C(C)C2)cnn1-c1nc(-c2ccc(Cl)cc2)cs1. The highest BCUT2D eigenvalue weighted by atomic mass is 35.5. The van der Waals surface area contributed by atoms with Gasteiger partial charge in [-0.15, -0.1) is 11.3 Å². The average molecular weight is 562 g/mol. The second kappa shape index (κ2) is 11.7. The van der Waals surface area contributed by atoms with Crippen molar-refractivity contribution in [1.82, 2.24) is 24.6 Å². The highest BCUT2D eigenvalue weighted by Crippen LogP contribution is 2.28. The molecular weight excluding hydrogens is 530 g/mol. The maximum Gasteiger partial charge on any atom is 0.257 e. The second-order valence-electron chi connectivity index (χ2n) is 9.80. The fraction of sp³-hybridized carbons (Fsp3) is 0.333. The number of thiazole rings is 1. The number of rotatable bonds is 7. The summed E-state index contributed by atoms with van der Waals surface area (Å²) in [7, 11) is 0. The number of piperazine rings is 1. The number of nitrogens with zero attached hydrogens (tertiary/aromatic N) is 5. The molecule has 1 aliphatic heterocycles. The topological polar surface area (TPSA) is 71.3 Å². The summed E-state index contributed by atoms with van der Waals surface area (Å²) in [6.45, 7) is 7.58. The predicted octanol–water partition coefficient (Wildman–Crippen LogP) is 6.08. The van der Waals surface area contributed by atoms with Crippen LogP contribution in [0.5, 0.6) is 0 Å². The predicted molar refractivity (Wildman–Crippen MR) is 156 cm³/mol. The van der Waals surface area contributed by atoms with Crippen molar-refractivity contribution in [3.63, 3.8) is 0 Å². The van der Waals surface area contributed by atoms with Gasteiger partial charge in [-0.05, 0) is 37.5 Å². The lowest BCUT2D eigenvalue weighted by Gasteiger charge is -2.41. The Hall–Kier alpha value is -3.49. The van der Waals surface area contributed by atoms with Crippen LogP contribution < -0.4 is 0 Å². The quantitative estimate of drug-likeness (QED) is 0.274. The van der Waals surface area contributed by atoms with E-state index in [1.807, 2.05) is 90.5 Å². The summed E-state index contributed by atoms with van der Waals surface area (Å²) in [5.74, 6) is -0.0934. The van der Waals surface area contributed by atoms with Gasteiger partial charge in [0.05, 0.1) is 29.1 Å². The lowest BCUT2D eigenvalue weighted by molar-refractivity contribution is -0.137. The Morgan fingerprint density at radius 1 is 1.08 bits per heavy atom. The van der Waals surface area contributed by atoms with Crippen molar-refractivity contribution in [3.8, 4) is 16.4 Å². The Labute approximate surface area is 238 Å². The molecule has 2 aromatic heterocycles. The lowest BCUT2D eigenvalue weighted by atomic mass is 9.94. The van der Waals surface area contributed by atoms with Gasteiger partial charge in [0.2, 0.25) is 11.0 Å². The van der Waals surface area contributed by atoms with E-state index >= 15 is 0 Å². The number of aromatic nitrogens is 3. The normalized spacial score (nSPS) is 16.4. The van der Waals surface area contributed by atoms with E-state index in [1.54, 1.807) is 10.9 Å². The molecule has 0 spiro atoms. The fourth-order valence-corrected chi connectivity index (χ4v) is 6.19. The third-order valence-electron chi connectivity index (χ3n) is 7.35. The van der Waals surface area contributed by atoms with Gasteiger partial charge in [-0.3, -0.25) is 9.59 Å². The molecule has 1 aliphatic rings. The molecule has 0 aliphatic carbocycles. The van der Waals surface area contributed by atoms with Gasteiger partial charge in [-0.1, -0.05) is 67.9 Å². The Balaban J connectivity index is 1.31. The zero-order valence-electron chi connectivity index (χ0n) is 22.4. The smallest absolute Gasteiger partial charge is 0.257 e. The Bertz CT molecular complexity index is 1450. The van der Waals surface area contributed by atoms with Crippen LogP contribution in [-0.2, 0) is 11.2 Å². The molecule has 0 bridgehead atoms. The highest BCUT2D eigenvalue weighted by Gasteiger charge is 2.34. The van der Waals surface area contributed by atoms with Crippen molar-refractivity contribution < 1.29 is 9.59 Å². The summed E-state index contributed by atoms with van der Waals surface area (Å²) in [5, 5.41) is 7.93. The molecule has 3 heterocycles. The zero-order chi connectivity index (χ0) is 27.5. The van der Waals surface area contributed by atoms with Crippen LogP contribution in [0.3, 0.4) is 0 Å². The van der Waals surface area contributed by atoms with Crippen LogP contribution >= 0.6 is 22.9 Å². The maximum atomic E-state index is 13.7. The number of hydrogen-bond acceptors (Lipinski definition) is 5. The van der Waals surface area contributed by atoms with Gasteiger partial charge in [0.15, 0.2) is 0 Å².